The second kappa shape index (κ2) is 8.87. The van der Waals surface area contributed by atoms with E-state index in [1.165, 1.54) is 5.57 Å². The van der Waals surface area contributed by atoms with E-state index in [2.05, 4.69) is 19.9 Å². The van der Waals surface area contributed by atoms with Gasteiger partial charge in [0.1, 0.15) is 6.29 Å². The van der Waals surface area contributed by atoms with Gasteiger partial charge in [0.05, 0.1) is 0 Å². The predicted molar refractivity (Wildman–Crippen MR) is 48.5 cm³/mol. The van der Waals surface area contributed by atoms with Crippen LogP contribution in [0.3, 0.4) is 0 Å². The molecular formula is C10H16OZn. The van der Waals surface area contributed by atoms with Crippen LogP contribution in [0, 0.1) is 0 Å². The first-order chi connectivity index (χ1) is 5.16. The van der Waals surface area contributed by atoms with Gasteiger partial charge in [-0.15, -0.1) is 0 Å². The summed E-state index contributed by atoms with van der Waals surface area (Å²) < 4.78 is 0. The zero-order valence-electron chi connectivity index (χ0n) is 8.26. The Morgan fingerprint density at radius 3 is 2.25 bits per heavy atom. The van der Waals surface area contributed by atoms with Crippen LogP contribution in [0.15, 0.2) is 23.3 Å². The van der Waals surface area contributed by atoms with Gasteiger partial charge in [0.15, 0.2) is 0 Å². The number of carbonyl (C=O) groups excluding carboxylic acids is 1. The maximum atomic E-state index is 10.0. The van der Waals surface area contributed by atoms with Gasteiger partial charge in [-0.05, 0) is 39.7 Å². The third-order valence-corrected chi connectivity index (χ3v) is 1.44. The number of hydrogen-bond acceptors (Lipinski definition) is 1. The SMILES string of the molecule is CC(C)=CCC/C(C)=C\C=O.[Zn]. The molecule has 0 unspecified atom stereocenters. The van der Waals surface area contributed by atoms with Crippen molar-refractivity contribution < 1.29 is 24.3 Å². The molecule has 0 aromatic carbocycles. The predicted octanol–water partition coefficient (Wildman–Crippen LogP) is 2.88. The fourth-order valence-corrected chi connectivity index (χ4v) is 0.788. The van der Waals surface area contributed by atoms with Gasteiger partial charge in [0.25, 0.3) is 0 Å². The molecule has 0 N–H and O–H groups in total. The van der Waals surface area contributed by atoms with Crippen LogP contribution in [-0.4, -0.2) is 6.29 Å². The Morgan fingerprint density at radius 1 is 1.25 bits per heavy atom. The Hall–Kier alpha value is -0.227. The van der Waals surface area contributed by atoms with Gasteiger partial charge in [-0.1, -0.05) is 17.2 Å². The summed E-state index contributed by atoms with van der Waals surface area (Å²) in [4.78, 5) is 10.0. The topological polar surface area (TPSA) is 17.1 Å². The molecule has 0 saturated carbocycles. The van der Waals surface area contributed by atoms with E-state index in [1.54, 1.807) is 6.08 Å². The van der Waals surface area contributed by atoms with Crippen LogP contribution >= 0.6 is 0 Å². The molecule has 2 heteroatoms. The quantitative estimate of drug-likeness (QED) is 0.306. The van der Waals surface area contributed by atoms with Crippen molar-refractivity contribution in [3.8, 4) is 0 Å². The molecule has 0 bridgehead atoms. The standard InChI is InChI=1S/C10H16O.Zn/c1-9(2)5-4-6-10(3)7-8-11;/h5,7-8H,4,6H2,1-3H3;/b10-7-;. The van der Waals surface area contributed by atoms with E-state index < -0.39 is 0 Å². The van der Waals surface area contributed by atoms with Crippen molar-refractivity contribution in [1.29, 1.82) is 0 Å². The molecule has 0 radical (unpaired) electrons. The van der Waals surface area contributed by atoms with Crippen molar-refractivity contribution in [1.82, 2.24) is 0 Å². The fourth-order valence-electron chi connectivity index (χ4n) is 0.788. The molecule has 0 saturated heterocycles. The first kappa shape index (κ1) is 14.3. The van der Waals surface area contributed by atoms with E-state index in [9.17, 15) is 4.79 Å². The van der Waals surface area contributed by atoms with E-state index in [1.807, 2.05) is 6.92 Å². The largest absolute Gasteiger partial charge is 0.299 e. The van der Waals surface area contributed by atoms with Crippen LogP contribution in [0.25, 0.3) is 0 Å². The van der Waals surface area contributed by atoms with Gasteiger partial charge in [-0.25, -0.2) is 0 Å². The van der Waals surface area contributed by atoms with E-state index in [4.69, 9.17) is 0 Å². The molecule has 0 aliphatic rings. The molecule has 0 fully saturated rings. The van der Waals surface area contributed by atoms with Crippen molar-refractivity contribution >= 4 is 6.29 Å². The van der Waals surface area contributed by atoms with Crippen molar-refractivity contribution in [2.75, 3.05) is 0 Å². The Kier molecular flexibility index (Phi) is 10.6. The summed E-state index contributed by atoms with van der Waals surface area (Å²) in [5.41, 5.74) is 2.49. The average Bonchev–Trinajstić information content (AvgIpc) is 1.87. The summed E-state index contributed by atoms with van der Waals surface area (Å²) in [5.74, 6) is 0. The third kappa shape index (κ3) is 9.77. The normalized spacial score (nSPS) is 10.1. The first-order valence-electron chi connectivity index (χ1n) is 3.91. The van der Waals surface area contributed by atoms with Crippen LogP contribution < -0.4 is 0 Å². The van der Waals surface area contributed by atoms with Crippen LogP contribution in [0.4, 0.5) is 0 Å². The molecule has 0 heterocycles. The van der Waals surface area contributed by atoms with Gasteiger partial charge in [-0.3, -0.25) is 4.79 Å². The maximum Gasteiger partial charge on any atom is 0.142 e. The summed E-state index contributed by atoms with van der Waals surface area (Å²) in [5, 5.41) is 0. The monoisotopic (exact) mass is 216 g/mol. The molecule has 12 heavy (non-hydrogen) atoms. The minimum absolute atomic E-state index is 0. The number of aldehydes is 1. The minimum atomic E-state index is 0. The van der Waals surface area contributed by atoms with Gasteiger partial charge in [-0.2, -0.15) is 0 Å². The molecule has 0 aliphatic heterocycles. The molecule has 0 spiro atoms. The summed E-state index contributed by atoms with van der Waals surface area (Å²) in [6, 6.07) is 0. The molecule has 0 aliphatic carbocycles. The van der Waals surface area contributed by atoms with Gasteiger partial charge < -0.3 is 0 Å². The smallest absolute Gasteiger partial charge is 0.142 e. The van der Waals surface area contributed by atoms with E-state index in [-0.39, 0.29) is 19.5 Å². The summed E-state index contributed by atoms with van der Waals surface area (Å²) >= 11 is 0. The average molecular weight is 218 g/mol. The molecular weight excluding hydrogens is 201 g/mol. The van der Waals surface area contributed by atoms with Crippen molar-refractivity contribution in [3.05, 3.63) is 23.3 Å². The van der Waals surface area contributed by atoms with Crippen molar-refractivity contribution in [3.63, 3.8) is 0 Å². The minimum Gasteiger partial charge on any atom is -0.299 e. The van der Waals surface area contributed by atoms with Crippen LogP contribution in [-0.2, 0) is 24.3 Å². The molecule has 0 aromatic rings. The Balaban J connectivity index is 0. The maximum absolute atomic E-state index is 10.0. The molecule has 0 rings (SSSR count). The molecule has 64 valence electrons. The zero-order valence-corrected chi connectivity index (χ0v) is 11.2. The second-order valence-corrected chi connectivity index (χ2v) is 2.97. The van der Waals surface area contributed by atoms with Crippen LogP contribution in [0.5, 0.6) is 0 Å². The molecule has 1 nitrogen and oxygen atoms in total. The molecule has 0 atom stereocenters. The number of allylic oxidation sites excluding steroid dienone is 4. The van der Waals surface area contributed by atoms with Crippen molar-refractivity contribution in [2.45, 2.75) is 33.6 Å². The second-order valence-electron chi connectivity index (χ2n) is 2.97. The Morgan fingerprint density at radius 2 is 1.83 bits per heavy atom. The fraction of sp³-hybridized carbons (Fsp3) is 0.500. The Labute approximate surface area is 87.7 Å². The van der Waals surface area contributed by atoms with E-state index in [0.29, 0.717) is 0 Å². The zero-order chi connectivity index (χ0) is 8.69. The van der Waals surface area contributed by atoms with Crippen molar-refractivity contribution in [2.24, 2.45) is 0 Å². The Bertz CT molecular complexity index is 176. The van der Waals surface area contributed by atoms with Crippen LogP contribution in [0.1, 0.15) is 33.6 Å². The number of rotatable bonds is 4. The van der Waals surface area contributed by atoms with Crippen LogP contribution in [0.2, 0.25) is 0 Å². The van der Waals surface area contributed by atoms with Gasteiger partial charge in [0, 0.05) is 19.5 Å². The van der Waals surface area contributed by atoms with E-state index in [0.717, 1.165) is 24.7 Å². The number of hydrogen-bond donors (Lipinski definition) is 0. The van der Waals surface area contributed by atoms with Gasteiger partial charge in [0.2, 0.25) is 0 Å². The number of carbonyl (C=O) groups is 1. The van der Waals surface area contributed by atoms with Gasteiger partial charge >= 0.3 is 0 Å². The summed E-state index contributed by atoms with van der Waals surface area (Å²) in [7, 11) is 0. The van der Waals surface area contributed by atoms with E-state index >= 15 is 0 Å². The first-order valence-corrected chi connectivity index (χ1v) is 3.91. The summed E-state index contributed by atoms with van der Waals surface area (Å²) in [6.07, 6.45) is 6.68. The molecule has 0 amide bonds. The third-order valence-electron chi connectivity index (χ3n) is 1.44. The summed E-state index contributed by atoms with van der Waals surface area (Å²) in [6.45, 7) is 6.14. The molecule has 0 aromatic heterocycles.